The number of fused-ring (bicyclic) bond motifs is 2. The van der Waals surface area contributed by atoms with Crippen molar-refractivity contribution in [2.45, 2.75) is 51.5 Å². The van der Waals surface area contributed by atoms with Crippen LogP contribution >= 0.6 is 0 Å². The lowest BCUT2D eigenvalue weighted by Gasteiger charge is -2.32. The Morgan fingerprint density at radius 2 is 2.08 bits per heavy atom. The van der Waals surface area contributed by atoms with Crippen molar-refractivity contribution in [1.29, 1.82) is 0 Å². The summed E-state index contributed by atoms with van der Waals surface area (Å²) in [5, 5.41) is 4.86. The Morgan fingerprint density at radius 3 is 2.85 bits per heavy atom. The third-order valence-electron chi connectivity index (χ3n) is 6.02. The van der Waals surface area contributed by atoms with E-state index in [1.165, 1.54) is 41.0 Å². The summed E-state index contributed by atoms with van der Waals surface area (Å²) in [6, 6.07) is 2.32. The van der Waals surface area contributed by atoms with Crippen LogP contribution in [0, 0.1) is 0 Å². The minimum Gasteiger partial charge on any atom is -0.338 e. The predicted octanol–water partition coefficient (Wildman–Crippen LogP) is 2.68. The summed E-state index contributed by atoms with van der Waals surface area (Å²) in [5.74, 6) is 1.83. The predicted molar refractivity (Wildman–Crippen MR) is 99.5 cm³/mol. The first-order valence-electron chi connectivity index (χ1n) is 9.68. The van der Waals surface area contributed by atoms with Crippen molar-refractivity contribution in [2.75, 3.05) is 18.0 Å². The van der Waals surface area contributed by atoms with Gasteiger partial charge in [-0.3, -0.25) is 14.5 Å². The molecule has 0 unspecified atom stereocenters. The van der Waals surface area contributed by atoms with Crippen molar-refractivity contribution in [1.82, 2.24) is 19.7 Å². The SMILES string of the molecule is CC(=O)N1CCc2c(c(N3CCCc4cc(C5CC5)ncc43)nn2C)C1. The number of carbonyl (C=O) groups excluding carboxylic acids is 1. The van der Waals surface area contributed by atoms with Gasteiger partial charge in [-0.25, -0.2) is 0 Å². The Bertz CT molecular complexity index is 883. The summed E-state index contributed by atoms with van der Waals surface area (Å²) in [7, 11) is 2.02. The Kier molecular flexibility index (Phi) is 3.55. The van der Waals surface area contributed by atoms with Crippen molar-refractivity contribution in [3.63, 3.8) is 0 Å². The third kappa shape index (κ3) is 2.50. The highest BCUT2D eigenvalue weighted by molar-refractivity contribution is 5.75. The second-order valence-corrected chi connectivity index (χ2v) is 7.83. The minimum absolute atomic E-state index is 0.139. The molecule has 5 rings (SSSR count). The van der Waals surface area contributed by atoms with Crippen molar-refractivity contribution in [2.24, 2.45) is 7.05 Å². The zero-order valence-electron chi connectivity index (χ0n) is 15.5. The van der Waals surface area contributed by atoms with Crippen LogP contribution in [0.3, 0.4) is 0 Å². The Balaban J connectivity index is 1.55. The van der Waals surface area contributed by atoms with Gasteiger partial charge >= 0.3 is 0 Å². The van der Waals surface area contributed by atoms with Crippen LogP contribution in [0.15, 0.2) is 12.3 Å². The van der Waals surface area contributed by atoms with Gasteiger partial charge in [0.05, 0.1) is 18.4 Å². The van der Waals surface area contributed by atoms with E-state index in [-0.39, 0.29) is 5.91 Å². The van der Waals surface area contributed by atoms with Crippen LogP contribution in [0.4, 0.5) is 11.5 Å². The van der Waals surface area contributed by atoms with Gasteiger partial charge in [-0.05, 0) is 37.3 Å². The van der Waals surface area contributed by atoms with Crippen LogP contribution in [0.25, 0.3) is 0 Å². The minimum atomic E-state index is 0.139. The van der Waals surface area contributed by atoms with Gasteiger partial charge in [0.15, 0.2) is 5.82 Å². The van der Waals surface area contributed by atoms with Gasteiger partial charge < -0.3 is 9.80 Å². The molecule has 3 aliphatic rings. The first kappa shape index (κ1) is 15.9. The highest BCUT2D eigenvalue weighted by atomic mass is 16.2. The molecule has 0 aromatic carbocycles. The summed E-state index contributed by atoms with van der Waals surface area (Å²) in [6.45, 7) is 4.05. The van der Waals surface area contributed by atoms with E-state index in [2.05, 4.69) is 17.2 Å². The zero-order chi connectivity index (χ0) is 17.8. The molecule has 1 saturated carbocycles. The molecule has 0 radical (unpaired) electrons. The molecule has 0 spiro atoms. The van der Waals surface area contributed by atoms with Crippen LogP contribution in [0.5, 0.6) is 0 Å². The van der Waals surface area contributed by atoms with Crippen molar-refractivity contribution in [3.8, 4) is 0 Å². The van der Waals surface area contributed by atoms with Crippen molar-refractivity contribution < 1.29 is 4.79 Å². The highest BCUT2D eigenvalue weighted by Gasteiger charge is 2.31. The lowest BCUT2D eigenvalue weighted by atomic mass is 10.00. The number of amides is 1. The first-order chi connectivity index (χ1) is 12.6. The summed E-state index contributed by atoms with van der Waals surface area (Å²) in [4.78, 5) is 20.9. The van der Waals surface area contributed by atoms with Crippen LogP contribution in [0.1, 0.15) is 54.6 Å². The average Bonchev–Trinajstić information content (AvgIpc) is 3.45. The van der Waals surface area contributed by atoms with Gasteiger partial charge in [-0.1, -0.05) is 0 Å². The molecule has 2 aromatic rings. The van der Waals surface area contributed by atoms with Gasteiger partial charge in [0.25, 0.3) is 0 Å². The van der Waals surface area contributed by atoms with Gasteiger partial charge in [-0.2, -0.15) is 5.10 Å². The van der Waals surface area contributed by atoms with Gasteiger partial charge in [0.2, 0.25) is 5.91 Å². The number of hydrogen-bond acceptors (Lipinski definition) is 4. The van der Waals surface area contributed by atoms with E-state index >= 15 is 0 Å². The second-order valence-electron chi connectivity index (χ2n) is 7.83. The molecular formula is C20H25N5O. The van der Waals surface area contributed by atoms with Crippen LogP contribution in [-0.2, 0) is 31.2 Å². The Morgan fingerprint density at radius 1 is 1.23 bits per heavy atom. The summed E-state index contributed by atoms with van der Waals surface area (Å²) < 4.78 is 2.00. The molecule has 6 heteroatoms. The largest absolute Gasteiger partial charge is 0.338 e. The number of anilines is 2. The smallest absolute Gasteiger partial charge is 0.219 e. The van der Waals surface area contributed by atoms with Gasteiger partial charge in [-0.15, -0.1) is 0 Å². The summed E-state index contributed by atoms with van der Waals surface area (Å²) >= 11 is 0. The molecule has 0 bridgehead atoms. The number of hydrogen-bond donors (Lipinski definition) is 0. The summed E-state index contributed by atoms with van der Waals surface area (Å²) in [5.41, 5.74) is 6.31. The fourth-order valence-corrected chi connectivity index (χ4v) is 4.38. The van der Waals surface area contributed by atoms with Crippen LogP contribution in [-0.4, -0.2) is 38.7 Å². The molecule has 0 N–H and O–H groups in total. The van der Waals surface area contributed by atoms with Crippen molar-refractivity contribution in [3.05, 3.63) is 34.8 Å². The molecule has 2 aliphatic heterocycles. The molecule has 26 heavy (non-hydrogen) atoms. The first-order valence-corrected chi connectivity index (χ1v) is 9.68. The normalized spacial score (nSPS) is 19.3. The van der Waals surface area contributed by atoms with Gasteiger partial charge in [0, 0.05) is 56.4 Å². The van der Waals surface area contributed by atoms with E-state index in [1.807, 2.05) is 16.6 Å². The number of pyridine rings is 1. The third-order valence-corrected chi connectivity index (χ3v) is 6.02. The second kappa shape index (κ2) is 5.83. The van der Waals surface area contributed by atoms with Crippen molar-refractivity contribution >= 4 is 17.4 Å². The number of aromatic nitrogens is 3. The molecule has 1 aliphatic carbocycles. The Hall–Kier alpha value is -2.37. The Labute approximate surface area is 153 Å². The molecule has 6 nitrogen and oxygen atoms in total. The number of nitrogens with zero attached hydrogens (tertiary/aromatic N) is 5. The number of carbonyl (C=O) groups is 1. The van der Waals surface area contributed by atoms with Gasteiger partial charge in [0.1, 0.15) is 0 Å². The van der Waals surface area contributed by atoms with E-state index in [4.69, 9.17) is 10.1 Å². The van der Waals surface area contributed by atoms with E-state index in [0.29, 0.717) is 12.5 Å². The number of aryl methyl sites for hydroxylation is 2. The maximum atomic E-state index is 11.9. The topological polar surface area (TPSA) is 54.3 Å². The molecule has 0 saturated heterocycles. The highest BCUT2D eigenvalue weighted by Crippen LogP contribution is 2.42. The molecule has 1 amide bonds. The molecule has 4 heterocycles. The summed E-state index contributed by atoms with van der Waals surface area (Å²) in [6.07, 6.45) is 7.73. The maximum Gasteiger partial charge on any atom is 0.219 e. The zero-order valence-corrected chi connectivity index (χ0v) is 15.5. The molecular weight excluding hydrogens is 326 g/mol. The van der Waals surface area contributed by atoms with E-state index in [9.17, 15) is 4.79 Å². The fraction of sp³-hybridized carbons (Fsp3) is 0.550. The average molecular weight is 351 g/mol. The van der Waals surface area contributed by atoms with Crippen LogP contribution in [0.2, 0.25) is 0 Å². The lowest BCUT2D eigenvalue weighted by molar-refractivity contribution is -0.129. The molecule has 0 atom stereocenters. The monoisotopic (exact) mass is 351 g/mol. The quantitative estimate of drug-likeness (QED) is 0.835. The molecule has 1 fully saturated rings. The molecule has 136 valence electrons. The standard InChI is InChI=1S/C20H25N5O/c1-13(26)24-9-7-18-16(12-24)20(22-23(18)2)25-8-3-4-15-10-17(14-5-6-14)21-11-19(15)25/h10-11,14H,3-9,12H2,1-2H3. The van der Waals surface area contributed by atoms with E-state index in [1.54, 1.807) is 6.92 Å². The fourth-order valence-electron chi connectivity index (χ4n) is 4.38. The van der Waals surface area contributed by atoms with Crippen LogP contribution < -0.4 is 4.90 Å². The maximum absolute atomic E-state index is 11.9. The molecule has 2 aromatic heterocycles. The van der Waals surface area contributed by atoms with E-state index < -0.39 is 0 Å². The number of rotatable bonds is 2. The lowest BCUT2D eigenvalue weighted by Crippen LogP contribution is -2.35. The van der Waals surface area contributed by atoms with E-state index in [0.717, 1.165) is 38.2 Å².